The normalized spacial score (nSPS) is 16.5. The molecule has 0 radical (unpaired) electrons. The summed E-state index contributed by atoms with van der Waals surface area (Å²) in [7, 11) is 0. The number of hydrogen-bond acceptors (Lipinski definition) is 3. The summed E-state index contributed by atoms with van der Waals surface area (Å²) in [5.41, 5.74) is 2.07. The predicted octanol–water partition coefficient (Wildman–Crippen LogP) is 3.38. The van der Waals surface area contributed by atoms with Gasteiger partial charge in [0, 0.05) is 30.6 Å². The Kier molecular flexibility index (Phi) is 4.74. The molecule has 1 fully saturated rings. The largest absolute Gasteiger partial charge is 0.508 e. The Labute approximate surface area is 163 Å². The van der Waals surface area contributed by atoms with Crippen LogP contribution < -0.4 is 5.32 Å². The Bertz CT molecular complexity index is 1060. The predicted molar refractivity (Wildman–Crippen MR) is 108 cm³/mol. The summed E-state index contributed by atoms with van der Waals surface area (Å²) in [6, 6.07) is 18.9. The van der Waals surface area contributed by atoms with Crippen molar-refractivity contribution in [1.82, 2.24) is 10.2 Å². The van der Waals surface area contributed by atoms with Crippen molar-refractivity contribution in [3.05, 3.63) is 77.4 Å². The fourth-order valence-electron chi connectivity index (χ4n) is 3.79. The highest BCUT2D eigenvalue weighted by molar-refractivity contribution is 5.97. The van der Waals surface area contributed by atoms with Crippen LogP contribution in [0.4, 0.5) is 0 Å². The molecule has 0 aliphatic carbocycles. The molecule has 1 aliphatic heterocycles. The fourth-order valence-corrected chi connectivity index (χ4v) is 3.79. The van der Waals surface area contributed by atoms with Crippen LogP contribution >= 0.6 is 0 Å². The monoisotopic (exact) mass is 374 g/mol. The smallest absolute Gasteiger partial charge is 0.251 e. The molecule has 1 atom stereocenters. The van der Waals surface area contributed by atoms with Gasteiger partial charge in [-0.05, 0) is 35.4 Å². The van der Waals surface area contributed by atoms with Gasteiger partial charge in [0.15, 0.2) is 0 Å². The van der Waals surface area contributed by atoms with Gasteiger partial charge in [-0.15, -0.1) is 0 Å². The molecule has 1 saturated heterocycles. The number of fused-ring (bicyclic) bond motifs is 1. The zero-order valence-electron chi connectivity index (χ0n) is 15.7. The molecular weight excluding hydrogens is 352 g/mol. The first kappa shape index (κ1) is 18.0. The van der Waals surface area contributed by atoms with Crippen LogP contribution in [0.2, 0.25) is 0 Å². The molecule has 0 aromatic heterocycles. The second-order valence-corrected chi connectivity index (χ2v) is 7.24. The number of phenolic OH excluding ortho intramolecular Hbond substituents is 1. The molecule has 142 valence electrons. The molecule has 1 heterocycles. The first-order chi connectivity index (χ1) is 13.5. The molecular formula is C23H22N2O3. The summed E-state index contributed by atoms with van der Waals surface area (Å²) >= 11 is 0. The van der Waals surface area contributed by atoms with Crippen molar-refractivity contribution in [3.63, 3.8) is 0 Å². The molecule has 0 spiro atoms. The van der Waals surface area contributed by atoms with Gasteiger partial charge in [-0.2, -0.15) is 0 Å². The van der Waals surface area contributed by atoms with E-state index in [0.29, 0.717) is 24.2 Å². The Hall–Kier alpha value is -3.34. The summed E-state index contributed by atoms with van der Waals surface area (Å²) in [6.07, 6.45) is 0.286. The van der Waals surface area contributed by atoms with E-state index in [1.54, 1.807) is 30.0 Å². The molecule has 3 aromatic rings. The maximum atomic E-state index is 12.6. The number of likely N-dealkylation sites (tertiary alicyclic amines) is 1. The van der Waals surface area contributed by atoms with Gasteiger partial charge in [0.25, 0.3) is 5.91 Å². The van der Waals surface area contributed by atoms with Crippen LogP contribution in [0.25, 0.3) is 10.8 Å². The van der Waals surface area contributed by atoms with Crippen LogP contribution in [0.5, 0.6) is 5.75 Å². The number of nitrogens with one attached hydrogen (secondary N) is 1. The molecule has 4 rings (SSSR count). The summed E-state index contributed by atoms with van der Waals surface area (Å²) in [5.74, 6) is -0.142. The third kappa shape index (κ3) is 3.43. The van der Waals surface area contributed by atoms with Crippen molar-refractivity contribution in [1.29, 1.82) is 0 Å². The van der Waals surface area contributed by atoms with Crippen molar-refractivity contribution in [2.24, 2.45) is 0 Å². The minimum absolute atomic E-state index is 0.0332. The Morgan fingerprint density at radius 2 is 1.86 bits per heavy atom. The number of carbonyl (C=O) groups excluding carboxylic acids is 2. The zero-order valence-corrected chi connectivity index (χ0v) is 15.7. The molecule has 28 heavy (non-hydrogen) atoms. The maximum Gasteiger partial charge on any atom is 0.251 e. The molecule has 2 N–H and O–H groups in total. The van der Waals surface area contributed by atoms with E-state index in [1.807, 2.05) is 24.3 Å². The van der Waals surface area contributed by atoms with Crippen LogP contribution in [0.15, 0.2) is 60.7 Å². The number of hydrogen-bond donors (Lipinski definition) is 2. The number of aromatic hydroxyl groups is 1. The Morgan fingerprint density at radius 3 is 2.71 bits per heavy atom. The molecule has 0 saturated carbocycles. The Morgan fingerprint density at radius 1 is 1.11 bits per heavy atom. The SMILES string of the molecule is Cc1c(O)cccc1C(=O)N[C@@H]1CC(=O)N(Cc2cccc3ccccc23)C1. The van der Waals surface area contributed by atoms with Gasteiger partial charge in [-0.25, -0.2) is 0 Å². The highest BCUT2D eigenvalue weighted by Crippen LogP contribution is 2.23. The van der Waals surface area contributed by atoms with Crippen LogP contribution in [0, 0.1) is 6.92 Å². The van der Waals surface area contributed by atoms with Gasteiger partial charge in [-0.1, -0.05) is 48.5 Å². The van der Waals surface area contributed by atoms with Gasteiger partial charge in [0.1, 0.15) is 5.75 Å². The van der Waals surface area contributed by atoms with Crippen molar-refractivity contribution in [3.8, 4) is 5.75 Å². The minimum atomic E-state index is -0.266. The van der Waals surface area contributed by atoms with E-state index in [9.17, 15) is 14.7 Å². The summed E-state index contributed by atoms with van der Waals surface area (Å²) in [4.78, 5) is 26.9. The summed E-state index contributed by atoms with van der Waals surface area (Å²) in [6.45, 7) is 2.71. The highest BCUT2D eigenvalue weighted by Gasteiger charge is 2.31. The molecule has 1 aliphatic rings. The lowest BCUT2D eigenvalue weighted by atomic mass is 10.0. The van der Waals surface area contributed by atoms with Crippen molar-refractivity contribution in [2.75, 3.05) is 6.54 Å². The van der Waals surface area contributed by atoms with Crippen molar-refractivity contribution >= 4 is 22.6 Å². The number of rotatable bonds is 4. The molecule has 5 nitrogen and oxygen atoms in total. The first-order valence-electron chi connectivity index (χ1n) is 9.37. The lowest BCUT2D eigenvalue weighted by Crippen LogP contribution is -2.37. The second kappa shape index (κ2) is 7.35. The minimum Gasteiger partial charge on any atom is -0.508 e. The average Bonchev–Trinajstić information content (AvgIpc) is 3.03. The van der Waals surface area contributed by atoms with Crippen LogP contribution in [0.1, 0.15) is 27.9 Å². The van der Waals surface area contributed by atoms with Crippen LogP contribution in [-0.4, -0.2) is 34.4 Å². The van der Waals surface area contributed by atoms with E-state index in [1.165, 1.54) is 0 Å². The quantitative estimate of drug-likeness (QED) is 0.735. The standard InChI is InChI=1S/C23H22N2O3/c1-15-19(10-5-11-21(15)26)23(28)24-18-12-22(27)25(14-18)13-17-8-4-7-16-6-2-3-9-20(16)17/h2-11,18,26H,12-14H2,1H3,(H,24,28)/t18-/m1/s1. The van der Waals surface area contributed by atoms with E-state index in [2.05, 4.69) is 23.5 Å². The van der Waals surface area contributed by atoms with E-state index in [0.717, 1.165) is 16.3 Å². The van der Waals surface area contributed by atoms with Gasteiger partial charge in [-0.3, -0.25) is 9.59 Å². The van der Waals surface area contributed by atoms with Crippen LogP contribution in [-0.2, 0) is 11.3 Å². The summed E-state index contributed by atoms with van der Waals surface area (Å²) in [5, 5.41) is 15.0. The average molecular weight is 374 g/mol. The molecule has 0 unspecified atom stereocenters. The van der Waals surface area contributed by atoms with Gasteiger partial charge >= 0.3 is 0 Å². The molecule has 0 bridgehead atoms. The van der Waals surface area contributed by atoms with E-state index >= 15 is 0 Å². The molecule has 2 amide bonds. The summed E-state index contributed by atoms with van der Waals surface area (Å²) < 4.78 is 0. The zero-order chi connectivity index (χ0) is 19.7. The van der Waals surface area contributed by atoms with E-state index in [4.69, 9.17) is 0 Å². The van der Waals surface area contributed by atoms with E-state index < -0.39 is 0 Å². The third-order valence-corrected chi connectivity index (χ3v) is 5.34. The van der Waals surface area contributed by atoms with Crippen LogP contribution in [0.3, 0.4) is 0 Å². The number of carbonyl (C=O) groups is 2. The third-order valence-electron chi connectivity index (χ3n) is 5.34. The van der Waals surface area contributed by atoms with Crippen molar-refractivity contribution < 1.29 is 14.7 Å². The highest BCUT2D eigenvalue weighted by atomic mass is 16.3. The van der Waals surface area contributed by atoms with Gasteiger partial charge < -0.3 is 15.3 Å². The van der Waals surface area contributed by atoms with Crippen molar-refractivity contribution in [2.45, 2.75) is 25.9 Å². The lowest BCUT2D eigenvalue weighted by molar-refractivity contribution is -0.128. The number of nitrogens with zero attached hydrogens (tertiary/aromatic N) is 1. The molecule has 5 heteroatoms. The number of amides is 2. The lowest BCUT2D eigenvalue weighted by Gasteiger charge is -2.19. The molecule has 3 aromatic carbocycles. The maximum absolute atomic E-state index is 12.6. The Balaban J connectivity index is 1.47. The fraction of sp³-hybridized carbons (Fsp3) is 0.217. The second-order valence-electron chi connectivity index (χ2n) is 7.24. The number of phenols is 1. The first-order valence-corrected chi connectivity index (χ1v) is 9.37. The van der Waals surface area contributed by atoms with E-state index in [-0.39, 0.29) is 30.0 Å². The van der Waals surface area contributed by atoms with Gasteiger partial charge in [0.05, 0.1) is 6.04 Å². The topological polar surface area (TPSA) is 69.6 Å². The van der Waals surface area contributed by atoms with Gasteiger partial charge in [0.2, 0.25) is 5.91 Å². The number of benzene rings is 3.